The molecule has 1 heterocycles. The van der Waals surface area contributed by atoms with Crippen molar-refractivity contribution in [2.75, 3.05) is 11.1 Å². The van der Waals surface area contributed by atoms with Crippen LogP contribution in [0.2, 0.25) is 0 Å². The highest BCUT2D eigenvalue weighted by molar-refractivity contribution is 7.99. The predicted molar refractivity (Wildman–Crippen MR) is 106 cm³/mol. The smallest absolute Gasteiger partial charge is 0.191 e. The molecule has 0 aliphatic carbocycles. The van der Waals surface area contributed by atoms with Crippen LogP contribution in [0.5, 0.6) is 0 Å². The molecule has 0 atom stereocenters. The van der Waals surface area contributed by atoms with E-state index in [0.29, 0.717) is 12.3 Å². The summed E-state index contributed by atoms with van der Waals surface area (Å²) in [5.74, 6) is 1.32. The zero-order chi connectivity index (χ0) is 18.4. The van der Waals surface area contributed by atoms with Crippen LogP contribution in [-0.4, -0.2) is 26.3 Å². The van der Waals surface area contributed by atoms with Gasteiger partial charge in [0.25, 0.3) is 0 Å². The van der Waals surface area contributed by atoms with Gasteiger partial charge in [0.05, 0.1) is 12.3 Å². The van der Waals surface area contributed by atoms with E-state index in [1.807, 2.05) is 34.9 Å². The Morgan fingerprint density at radius 3 is 2.50 bits per heavy atom. The number of benzene rings is 2. The second-order valence-corrected chi connectivity index (χ2v) is 6.88. The summed E-state index contributed by atoms with van der Waals surface area (Å²) < 4.78 is 2.05. The molecule has 0 unspecified atom stereocenters. The molecular formula is C20H22N4OS. The molecule has 134 valence electrons. The minimum absolute atomic E-state index is 0.0978. The van der Waals surface area contributed by atoms with E-state index in [1.54, 1.807) is 0 Å². The highest BCUT2D eigenvalue weighted by Gasteiger charge is 2.13. The SMILES string of the molecule is CCn1c(CNc2ccc(C)cc2)nnc1SCC(=O)c1ccccc1. The van der Waals surface area contributed by atoms with Crippen molar-refractivity contribution in [3.63, 3.8) is 0 Å². The summed E-state index contributed by atoms with van der Waals surface area (Å²) in [6.07, 6.45) is 0. The third-order valence-electron chi connectivity index (χ3n) is 4.04. The summed E-state index contributed by atoms with van der Waals surface area (Å²) in [7, 11) is 0. The van der Waals surface area contributed by atoms with E-state index in [0.717, 1.165) is 28.8 Å². The molecular weight excluding hydrogens is 344 g/mol. The number of anilines is 1. The van der Waals surface area contributed by atoms with Crippen LogP contribution in [0.4, 0.5) is 5.69 Å². The summed E-state index contributed by atoms with van der Waals surface area (Å²) in [6.45, 7) is 5.48. The molecule has 2 aromatic carbocycles. The molecule has 1 N–H and O–H groups in total. The predicted octanol–water partition coefficient (Wildman–Crippen LogP) is 4.19. The first-order valence-electron chi connectivity index (χ1n) is 8.61. The van der Waals surface area contributed by atoms with Crippen molar-refractivity contribution in [2.24, 2.45) is 0 Å². The second-order valence-electron chi connectivity index (χ2n) is 5.94. The molecule has 0 spiro atoms. The van der Waals surface area contributed by atoms with Gasteiger partial charge in [-0.2, -0.15) is 0 Å². The minimum Gasteiger partial charge on any atom is -0.378 e. The summed E-state index contributed by atoms with van der Waals surface area (Å²) in [5.41, 5.74) is 3.01. The number of hydrogen-bond donors (Lipinski definition) is 1. The Morgan fingerprint density at radius 2 is 1.81 bits per heavy atom. The van der Waals surface area contributed by atoms with Crippen molar-refractivity contribution in [3.8, 4) is 0 Å². The van der Waals surface area contributed by atoms with Crippen LogP contribution in [0, 0.1) is 6.92 Å². The van der Waals surface area contributed by atoms with Gasteiger partial charge in [0, 0.05) is 17.8 Å². The van der Waals surface area contributed by atoms with Crippen LogP contribution in [0.25, 0.3) is 0 Å². The van der Waals surface area contributed by atoms with Crippen molar-refractivity contribution in [1.29, 1.82) is 0 Å². The molecule has 6 heteroatoms. The summed E-state index contributed by atoms with van der Waals surface area (Å²) in [6, 6.07) is 17.6. The number of Topliss-reactive ketones (excluding diaryl/α,β-unsaturated/α-hetero) is 1. The number of hydrogen-bond acceptors (Lipinski definition) is 5. The van der Waals surface area contributed by atoms with Gasteiger partial charge < -0.3 is 9.88 Å². The van der Waals surface area contributed by atoms with Gasteiger partial charge in [0.15, 0.2) is 16.8 Å². The lowest BCUT2D eigenvalue weighted by Crippen LogP contribution is -2.09. The first kappa shape index (κ1) is 18.2. The molecule has 0 aliphatic heterocycles. The Hall–Kier alpha value is -2.60. The van der Waals surface area contributed by atoms with Gasteiger partial charge in [-0.3, -0.25) is 4.79 Å². The highest BCUT2D eigenvalue weighted by atomic mass is 32.2. The molecule has 3 aromatic rings. The van der Waals surface area contributed by atoms with E-state index in [2.05, 4.69) is 53.6 Å². The lowest BCUT2D eigenvalue weighted by molar-refractivity contribution is 0.102. The van der Waals surface area contributed by atoms with Crippen molar-refractivity contribution in [3.05, 3.63) is 71.5 Å². The van der Waals surface area contributed by atoms with Crippen LogP contribution in [0.15, 0.2) is 59.8 Å². The first-order valence-corrected chi connectivity index (χ1v) is 9.59. The van der Waals surface area contributed by atoms with Crippen LogP contribution in [0.3, 0.4) is 0 Å². The fourth-order valence-electron chi connectivity index (χ4n) is 2.56. The number of nitrogens with zero attached hydrogens (tertiary/aromatic N) is 3. The third kappa shape index (κ3) is 4.52. The maximum Gasteiger partial charge on any atom is 0.191 e. The Labute approximate surface area is 157 Å². The molecule has 0 aliphatic rings. The standard InChI is InChI=1S/C20H22N4OS/c1-3-24-19(13-21-17-11-9-15(2)10-12-17)22-23-20(24)26-14-18(25)16-7-5-4-6-8-16/h4-12,21H,3,13-14H2,1-2H3. The Kier molecular flexibility index (Phi) is 6.07. The van der Waals surface area contributed by atoms with E-state index in [4.69, 9.17) is 0 Å². The average molecular weight is 366 g/mol. The first-order chi connectivity index (χ1) is 12.7. The van der Waals surface area contributed by atoms with Gasteiger partial charge in [-0.15, -0.1) is 10.2 Å². The van der Waals surface area contributed by atoms with E-state index < -0.39 is 0 Å². The van der Waals surface area contributed by atoms with Crippen molar-refractivity contribution >= 4 is 23.2 Å². The van der Waals surface area contributed by atoms with Gasteiger partial charge >= 0.3 is 0 Å². The Balaban J connectivity index is 1.62. The van der Waals surface area contributed by atoms with E-state index >= 15 is 0 Å². The number of carbonyl (C=O) groups is 1. The van der Waals surface area contributed by atoms with Gasteiger partial charge in [0.1, 0.15) is 0 Å². The maximum absolute atomic E-state index is 12.3. The number of aryl methyl sites for hydroxylation is 1. The topological polar surface area (TPSA) is 59.8 Å². The third-order valence-corrected chi connectivity index (χ3v) is 5.01. The fourth-order valence-corrected chi connectivity index (χ4v) is 3.48. The van der Waals surface area contributed by atoms with E-state index in [1.165, 1.54) is 17.3 Å². The molecule has 3 rings (SSSR count). The van der Waals surface area contributed by atoms with E-state index in [-0.39, 0.29) is 5.78 Å². The van der Waals surface area contributed by atoms with Crippen LogP contribution in [0.1, 0.15) is 28.7 Å². The summed E-state index contributed by atoms with van der Waals surface area (Å²) >= 11 is 1.43. The summed E-state index contributed by atoms with van der Waals surface area (Å²) in [5, 5.41) is 12.7. The number of carbonyl (C=O) groups excluding carboxylic acids is 1. The van der Waals surface area contributed by atoms with Gasteiger partial charge in [-0.1, -0.05) is 59.8 Å². The van der Waals surface area contributed by atoms with Crippen LogP contribution < -0.4 is 5.32 Å². The van der Waals surface area contributed by atoms with Crippen LogP contribution >= 0.6 is 11.8 Å². The molecule has 26 heavy (non-hydrogen) atoms. The molecule has 0 bridgehead atoms. The number of ketones is 1. The zero-order valence-electron chi connectivity index (χ0n) is 15.0. The zero-order valence-corrected chi connectivity index (χ0v) is 15.8. The molecule has 0 fully saturated rings. The molecule has 0 saturated carbocycles. The van der Waals surface area contributed by atoms with Crippen molar-refractivity contribution < 1.29 is 4.79 Å². The van der Waals surface area contributed by atoms with Gasteiger partial charge in [0.2, 0.25) is 0 Å². The number of rotatable bonds is 8. The number of thioether (sulfide) groups is 1. The lowest BCUT2D eigenvalue weighted by atomic mass is 10.2. The molecule has 0 saturated heterocycles. The maximum atomic E-state index is 12.3. The molecule has 5 nitrogen and oxygen atoms in total. The molecule has 1 aromatic heterocycles. The van der Waals surface area contributed by atoms with Crippen LogP contribution in [-0.2, 0) is 13.1 Å². The second kappa shape index (κ2) is 8.67. The lowest BCUT2D eigenvalue weighted by Gasteiger charge is -2.09. The van der Waals surface area contributed by atoms with Gasteiger partial charge in [-0.05, 0) is 26.0 Å². The average Bonchev–Trinajstić information content (AvgIpc) is 3.08. The fraction of sp³-hybridized carbons (Fsp3) is 0.250. The monoisotopic (exact) mass is 366 g/mol. The Morgan fingerprint density at radius 1 is 1.08 bits per heavy atom. The minimum atomic E-state index is 0.0978. The van der Waals surface area contributed by atoms with Crippen molar-refractivity contribution in [2.45, 2.75) is 32.1 Å². The van der Waals surface area contributed by atoms with Crippen molar-refractivity contribution in [1.82, 2.24) is 14.8 Å². The summed E-state index contributed by atoms with van der Waals surface area (Å²) in [4.78, 5) is 12.3. The molecule has 0 radical (unpaired) electrons. The Bertz CT molecular complexity index is 859. The quantitative estimate of drug-likeness (QED) is 0.478. The normalized spacial score (nSPS) is 10.7. The highest BCUT2D eigenvalue weighted by Crippen LogP contribution is 2.19. The van der Waals surface area contributed by atoms with Gasteiger partial charge in [-0.25, -0.2) is 0 Å². The molecule has 0 amide bonds. The number of aromatic nitrogens is 3. The number of nitrogens with one attached hydrogen (secondary N) is 1. The van der Waals surface area contributed by atoms with E-state index in [9.17, 15) is 4.79 Å². The largest absolute Gasteiger partial charge is 0.378 e.